The summed E-state index contributed by atoms with van der Waals surface area (Å²) in [6, 6.07) is 9.32. The summed E-state index contributed by atoms with van der Waals surface area (Å²) in [5.41, 5.74) is 1.76. The van der Waals surface area contributed by atoms with Crippen LogP contribution in [0.4, 0.5) is 5.82 Å². The fourth-order valence-electron chi connectivity index (χ4n) is 3.35. The summed E-state index contributed by atoms with van der Waals surface area (Å²) in [6.45, 7) is 2.70. The van der Waals surface area contributed by atoms with Crippen molar-refractivity contribution in [3.8, 4) is 11.5 Å². The number of furan rings is 1. The fourth-order valence-corrected chi connectivity index (χ4v) is 4.42. The molecular weight excluding hydrogens is 416 g/mol. The van der Waals surface area contributed by atoms with E-state index in [1.807, 2.05) is 31.2 Å². The lowest BCUT2D eigenvalue weighted by Crippen LogP contribution is -2.22. The van der Waals surface area contributed by atoms with Crippen molar-refractivity contribution in [2.45, 2.75) is 20.0 Å². The second kappa shape index (κ2) is 9.05. The van der Waals surface area contributed by atoms with Gasteiger partial charge in [-0.1, -0.05) is 12.1 Å². The lowest BCUT2D eigenvalue weighted by Gasteiger charge is -2.13. The highest BCUT2D eigenvalue weighted by Crippen LogP contribution is 2.35. The molecule has 4 rings (SSSR count). The molecule has 0 spiro atoms. The highest BCUT2D eigenvalue weighted by Gasteiger charge is 2.20. The first kappa shape index (κ1) is 20.7. The number of amides is 1. The van der Waals surface area contributed by atoms with Crippen molar-refractivity contribution in [3.05, 3.63) is 64.7 Å². The van der Waals surface area contributed by atoms with E-state index in [0.29, 0.717) is 41.0 Å². The predicted octanol–water partition coefficient (Wildman–Crippen LogP) is 4.15. The fraction of sp³-hybridized carbons (Fsp3) is 0.227. The lowest BCUT2D eigenvalue weighted by atomic mass is 10.1. The molecule has 0 aliphatic heterocycles. The average Bonchev–Trinajstić information content (AvgIpc) is 3.44. The first-order valence-electron chi connectivity index (χ1n) is 9.60. The van der Waals surface area contributed by atoms with E-state index in [0.717, 1.165) is 21.3 Å². The zero-order chi connectivity index (χ0) is 21.8. The Morgan fingerprint density at radius 3 is 2.74 bits per heavy atom. The molecule has 31 heavy (non-hydrogen) atoms. The standard InChI is InChI=1S/C22H22N4O4S/c1-13-17-20(23-10-14-6-4-8-16(28-2)18(14)29-3)25-12-26-22(17)31-19(13)21(27)24-11-15-7-5-9-30-15/h4-9,12H,10-11H2,1-3H3,(H,24,27)(H,23,25,26). The van der Waals surface area contributed by atoms with Gasteiger partial charge in [-0.2, -0.15) is 0 Å². The average molecular weight is 439 g/mol. The van der Waals surface area contributed by atoms with Crippen molar-refractivity contribution >= 4 is 33.3 Å². The van der Waals surface area contributed by atoms with Crippen LogP contribution in [0.5, 0.6) is 11.5 Å². The number of hydrogen-bond acceptors (Lipinski definition) is 8. The summed E-state index contributed by atoms with van der Waals surface area (Å²) < 4.78 is 16.1. The molecule has 3 aromatic heterocycles. The molecule has 2 N–H and O–H groups in total. The molecule has 9 heteroatoms. The number of hydrogen-bond donors (Lipinski definition) is 2. The van der Waals surface area contributed by atoms with E-state index in [4.69, 9.17) is 13.9 Å². The molecule has 3 heterocycles. The maximum absolute atomic E-state index is 12.7. The van der Waals surface area contributed by atoms with Gasteiger partial charge in [0, 0.05) is 12.1 Å². The highest BCUT2D eigenvalue weighted by molar-refractivity contribution is 7.20. The Bertz CT molecular complexity index is 1200. The smallest absolute Gasteiger partial charge is 0.262 e. The van der Waals surface area contributed by atoms with Crippen LogP contribution in [0.3, 0.4) is 0 Å². The van der Waals surface area contributed by atoms with Crippen molar-refractivity contribution < 1.29 is 18.7 Å². The molecule has 8 nitrogen and oxygen atoms in total. The number of rotatable bonds is 8. The van der Waals surface area contributed by atoms with Gasteiger partial charge in [-0.15, -0.1) is 11.3 Å². The Balaban J connectivity index is 1.58. The molecule has 1 amide bonds. The van der Waals surface area contributed by atoms with Crippen LogP contribution >= 0.6 is 11.3 Å². The molecule has 0 bridgehead atoms. The van der Waals surface area contributed by atoms with Crippen LogP contribution in [-0.4, -0.2) is 30.1 Å². The Hall–Kier alpha value is -3.59. The Labute approximate surface area is 183 Å². The minimum Gasteiger partial charge on any atom is -0.493 e. The summed E-state index contributed by atoms with van der Waals surface area (Å²) in [7, 11) is 3.22. The van der Waals surface area contributed by atoms with Crippen LogP contribution in [0.15, 0.2) is 47.3 Å². The first-order chi connectivity index (χ1) is 15.1. The number of anilines is 1. The van der Waals surface area contributed by atoms with Crippen molar-refractivity contribution in [2.24, 2.45) is 0 Å². The van der Waals surface area contributed by atoms with Gasteiger partial charge >= 0.3 is 0 Å². The minimum atomic E-state index is -0.169. The number of carbonyl (C=O) groups excluding carboxylic acids is 1. The van der Waals surface area contributed by atoms with Crippen LogP contribution in [0, 0.1) is 6.92 Å². The van der Waals surface area contributed by atoms with Gasteiger partial charge in [-0.05, 0) is 30.7 Å². The monoisotopic (exact) mass is 438 g/mol. The first-order valence-corrected chi connectivity index (χ1v) is 10.4. The topological polar surface area (TPSA) is 98.5 Å². The SMILES string of the molecule is COc1cccc(CNc2ncnc3sc(C(=O)NCc4ccco4)c(C)c23)c1OC. The van der Waals surface area contributed by atoms with E-state index in [1.165, 1.54) is 17.7 Å². The van der Waals surface area contributed by atoms with E-state index in [2.05, 4.69) is 20.6 Å². The lowest BCUT2D eigenvalue weighted by molar-refractivity contribution is 0.0951. The summed E-state index contributed by atoms with van der Waals surface area (Å²) >= 11 is 1.34. The molecule has 0 saturated carbocycles. The van der Waals surface area contributed by atoms with Gasteiger partial charge in [-0.3, -0.25) is 4.79 Å². The van der Waals surface area contributed by atoms with Crippen LogP contribution in [-0.2, 0) is 13.1 Å². The van der Waals surface area contributed by atoms with Gasteiger partial charge in [-0.25, -0.2) is 9.97 Å². The van der Waals surface area contributed by atoms with Crippen LogP contribution in [0.1, 0.15) is 26.6 Å². The quantitative estimate of drug-likeness (QED) is 0.426. The number of methoxy groups -OCH3 is 2. The van der Waals surface area contributed by atoms with Crippen molar-refractivity contribution in [2.75, 3.05) is 19.5 Å². The maximum Gasteiger partial charge on any atom is 0.262 e. The Morgan fingerprint density at radius 1 is 1.13 bits per heavy atom. The highest BCUT2D eigenvalue weighted by atomic mass is 32.1. The maximum atomic E-state index is 12.7. The number of carbonyl (C=O) groups is 1. The minimum absolute atomic E-state index is 0.169. The number of nitrogens with zero attached hydrogens (tertiary/aromatic N) is 2. The van der Waals surface area contributed by atoms with E-state index >= 15 is 0 Å². The zero-order valence-electron chi connectivity index (χ0n) is 17.4. The number of aromatic nitrogens is 2. The molecule has 4 aromatic rings. The molecule has 0 atom stereocenters. The Kier molecular flexibility index (Phi) is 6.03. The van der Waals surface area contributed by atoms with E-state index in [-0.39, 0.29) is 5.91 Å². The third-order valence-electron chi connectivity index (χ3n) is 4.87. The number of aryl methyl sites for hydroxylation is 1. The van der Waals surface area contributed by atoms with Crippen LogP contribution < -0.4 is 20.1 Å². The molecule has 0 saturated heterocycles. The number of fused-ring (bicyclic) bond motifs is 1. The van der Waals surface area contributed by atoms with Gasteiger partial charge in [0.25, 0.3) is 5.91 Å². The van der Waals surface area contributed by atoms with E-state index in [1.54, 1.807) is 26.5 Å². The van der Waals surface area contributed by atoms with Crippen LogP contribution in [0.25, 0.3) is 10.2 Å². The van der Waals surface area contributed by atoms with Crippen molar-refractivity contribution in [1.29, 1.82) is 0 Å². The predicted molar refractivity (Wildman–Crippen MR) is 119 cm³/mol. The van der Waals surface area contributed by atoms with Gasteiger partial charge in [0.1, 0.15) is 22.7 Å². The molecule has 0 fully saturated rings. The Morgan fingerprint density at radius 2 is 2.00 bits per heavy atom. The largest absolute Gasteiger partial charge is 0.493 e. The molecule has 1 aromatic carbocycles. The van der Waals surface area contributed by atoms with Crippen LogP contribution in [0.2, 0.25) is 0 Å². The molecule has 0 radical (unpaired) electrons. The molecule has 0 unspecified atom stereocenters. The molecular formula is C22H22N4O4S. The second-order valence-corrected chi connectivity index (χ2v) is 7.73. The van der Waals surface area contributed by atoms with E-state index in [9.17, 15) is 4.79 Å². The second-order valence-electron chi connectivity index (χ2n) is 6.73. The third kappa shape index (κ3) is 4.17. The van der Waals surface area contributed by atoms with Crippen molar-refractivity contribution in [3.63, 3.8) is 0 Å². The zero-order valence-corrected chi connectivity index (χ0v) is 18.2. The van der Waals surface area contributed by atoms with Crippen molar-refractivity contribution in [1.82, 2.24) is 15.3 Å². The molecule has 0 aliphatic rings. The summed E-state index contributed by atoms with van der Waals surface area (Å²) in [5, 5.41) is 7.07. The van der Waals surface area contributed by atoms with E-state index < -0.39 is 0 Å². The van der Waals surface area contributed by atoms with Gasteiger partial charge < -0.3 is 24.5 Å². The summed E-state index contributed by atoms with van der Waals surface area (Å²) in [6.07, 6.45) is 3.07. The van der Waals surface area contributed by atoms with Gasteiger partial charge in [0.05, 0.1) is 37.3 Å². The normalized spacial score (nSPS) is 10.8. The third-order valence-corrected chi connectivity index (χ3v) is 6.07. The molecule has 160 valence electrons. The number of para-hydroxylation sites is 1. The number of thiophene rings is 1. The van der Waals surface area contributed by atoms with Gasteiger partial charge in [0.2, 0.25) is 0 Å². The summed E-state index contributed by atoms with van der Waals surface area (Å²) in [4.78, 5) is 22.8. The number of benzene rings is 1. The number of nitrogens with one attached hydrogen (secondary N) is 2. The van der Waals surface area contributed by atoms with Gasteiger partial charge in [0.15, 0.2) is 11.5 Å². The summed E-state index contributed by atoms with van der Waals surface area (Å²) in [5.74, 6) is 2.52. The number of ether oxygens (including phenoxy) is 2. The molecule has 0 aliphatic carbocycles.